The predicted molar refractivity (Wildman–Crippen MR) is 38.3 cm³/mol. The first-order valence-corrected chi connectivity index (χ1v) is 3.09. The largest absolute Gasteiger partial charge is 0.388 e. The lowest BCUT2D eigenvalue weighted by Gasteiger charge is -2.23. The molecule has 0 spiro atoms. The molecule has 0 aromatic heterocycles. The Morgan fingerprint density at radius 3 is 2.20 bits per heavy atom. The smallest absolute Gasteiger partial charge is 0.239 e. The molecule has 0 aliphatic heterocycles. The topological polar surface area (TPSA) is 75.4 Å². The summed E-state index contributed by atoms with van der Waals surface area (Å²) in [6.07, 6.45) is 0. The van der Waals surface area contributed by atoms with E-state index >= 15 is 0 Å². The maximum absolute atomic E-state index is 10.8. The third-order valence-electron chi connectivity index (χ3n) is 1.29. The predicted octanol–water partition coefficient (Wildman–Crippen LogP) is -1.17. The van der Waals surface area contributed by atoms with Crippen LogP contribution in [0.1, 0.15) is 13.8 Å². The lowest BCUT2D eigenvalue weighted by molar-refractivity contribution is -0.126. The van der Waals surface area contributed by atoms with E-state index in [1.54, 1.807) is 0 Å². The Morgan fingerprint density at radius 2 is 2.10 bits per heavy atom. The van der Waals surface area contributed by atoms with Gasteiger partial charge in [-0.15, -0.1) is 0 Å². The van der Waals surface area contributed by atoms with E-state index in [0.717, 1.165) is 0 Å². The van der Waals surface area contributed by atoms with Crippen LogP contribution in [0.25, 0.3) is 0 Å². The van der Waals surface area contributed by atoms with Gasteiger partial charge >= 0.3 is 0 Å². The summed E-state index contributed by atoms with van der Waals surface area (Å²) in [6, 6.07) is -0.863. The first kappa shape index (κ1) is 9.39. The Labute approximate surface area is 60.4 Å². The summed E-state index contributed by atoms with van der Waals surface area (Å²) in [5.41, 5.74) is 4.19. The van der Waals surface area contributed by atoms with E-state index in [0.29, 0.717) is 0 Å². The van der Waals surface area contributed by atoms with E-state index in [2.05, 4.69) is 5.32 Å². The molecule has 0 saturated heterocycles. The van der Waals surface area contributed by atoms with Crippen molar-refractivity contribution in [2.75, 3.05) is 7.05 Å². The van der Waals surface area contributed by atoms with E-state index in [4.69, 9.17) is 5.73 Å². The fourth-order valence-corrected chi connectivity index (χ4v) is 0.476. The van der Waals surface area contributed by atoms with Gasteiger partial charge in [0, 0.05) is 7.05 Å². The summed E-state index contributed by atoms with van der Waals surface area (Å²) in [6.45, 7) is 2.99. The van der Waals surface area contributed by atoms with E-state index in [9.17, 15) is 9.90 Å². The third-order valence-corrected chi connectivity index (χ3v) is 1.29. The second kappa shape index (κ2) is 2.98. The Kier molecular flexibility index (Phi) is 2.80. The van der Waals surface area contributed by atoms with Gasteiger partial charge in [0.05, 0.1) is 5.60 Å². The Bertz CT molecular complexity index is 128. The van der Waals surface area contributed by atoms with Crippen LogP contribution in [0.3, 0.4) is 0 Å². The van der Waals surface area contributed by atoms with E-state index < -0.39 is 11.6 Å². The summed E-state index contributed by atoms with van der Waals surface area (Å²) >= 11 is 0. The van der Waals surface area contributed by atoms with Crippen LogP contribution < -0.4 is 11.1 Å². The first-order chi connectivity index (χ1) is 4.39. The number of nitrogens with two attached hydrogens (primary N) is 1. The molecule has 4 N–H and O–H groups in total. The molecule has 0 aromatic carbocycles. The molecule has 0 rings (SSSR count). The minimum absolute atomic E-state index is 0.354. The monoisotopic (exact) mass is 146 g/mol. The van der Waals surface area contributed by atoms with Crippen LogP contribution in [0.5, 0.6) is 0 Å². The molecular weight excluding hydrogens is 132 g/mol. The highest BCUT2D eigenvalue weighted by atomic mass is 16.3. The first-order valence-electron chi connectivity index (χ1n) is 3.09. The number of hydrogen-bond donors (Lipinski definition) is 3. The number of amides is 1. The van der Waals surface area contributed by atoms with Gasteiger partial charge in [-0.2, -0.15) is 0 Å². The zero-order chi connectivity index (χ0) is 8.36. The molecule has 0 fully saturated rings. The number of carbonyl (C=O) groups excluding carboxylic acids is 1. The highest BCUT2D eigenvalue weighted by Gasteiger charge is 2.28. The van der Waals surface area contributed by atoms with Crippen molar-refractivity contribution in [3.8, 4) is 0 Å². The summed E-state index contributed by atoms with van der Waals surface area (Å²) in [4.78, 5) is 10.8. The maximum atomic E-state index is 10.8. The van der Waals surface area contributed by atoms with Gasteiger partial charge in [0.1, 0.15) is 6.04 Å². The molecule has 0 saturated carbocycles. The van der Waals surface area contributed by atoms with E-state index in [1.807, 2.05) is 0 Å². The van der Waals surface area contributed by atoms with Crippen molar-refractivity contribution in [3.05, 3.63) is 0 Å². The van der Waals surface area contributed by atoms with Crippen molar-refractivity contribution in [2.24, 2.45) is 5.73 Å². The average molecular weight is 146 g/mol. The van der Waals surface area contributed by atoms with Crippen molar-refractivity contribution < 1.29 is 9.90 Å². The van der Waals surface area contributed by atoms with Gasteiger partial charge in [-0.1, -0.05) is 0 Å². The molecule has 0 heterocycles. The fraction of sp³-hybridized carbons (Fsp3) is 0.833. The van der Waals surface area contributed by atoms with Crippen LogP contribution in [-0.2, 0) is 4.79 Å². The van der Waals surface area contributed by atoms with Crippen molar-refractivity contribution in [2.45, 2.75) is 25.5 Å². The van der Waals surface area contributed by atoms with Crippen molar-refractivity contribution in [3.63, 3.8) is 0 Å². The molecule has 0 radical (unpaired) electrons. The highest BCUT2D eigenvalue weighted by Crippen LogP contribution is 2.04. The van der Waals surface area contributed by atoms with Crippen LogP contribution >= 0.6 is 0 Å². The summed E-state index contributed by atoms with van der Waals surface area (Å²) in [5, 5.41) is 11.5. The van der Waals surface area contributed by atoms with Crippen molar-refractivity contribution in [1.29, 1.82) is 0 Å². The number of nitrogens with one attached hydrogen (secondary N) is 1. The van der Waals surface area contributed by atoms with Crippen LogP contribution in [0.4, 0.5) is 0 Å². The van der Waals surface area contributed by atoms with Crippen molar-refractivity contribution >= 4 is 5.91 Å². The zero-order valence-corrected chi connectivity index (χ0v) is 6.51. The van der Waals surface area contributed by atoms with Gasteiger partial charge in [-0.05, 0) is 13.8 Å². The number of rotatable bonds is 2. The van der Waals surface area contributed by atoms with Gasteiger partial charge in [-0.25, -0.2) is 0 Å². The molecule has 0 aromatic rings. The Balaban J connectivity index is 4.08. The number of likely N-dealkylation sites (N-methyl/N-ethyl adjacent to an activating group) is 1. The third kappa shape index (κ3) is 2.33. The Morgan fingerprint density at radius 1 is 1.70 bits per heavy atom. The standard InChI is InChI=1S/C6H14N2O2/c1-6(2,10)4(7)5(9)8-3/h4,10H,7H2,1-3H3,(H,8,9). The number of carbonyl (C=O) groups is 1. The van der Waals surface area contributed by atoms with Gasteiger partial charge in [-0.3, -0.25) is 4.79 Å². The van der Waals surface area contributed by atoms with Gasteiger partial charge in [0.25, 0.3) is 0 Å². The average Bonchev–Trinajstić information content (AvgIpc) is 1.83. The van der Waals surface area contributed by atoms with Crippen LogP contribution in [-0.4, -0.2) is 29.7 Å². The van der Waals surface area contributed by atoms with E-state index in [1.165, 1.54) is 20.9 Å². The zero-order valence-electron chi connectivity index (χ0n) is 6.51. The van der Waals surface area contributed by atoms with Crippen LogP contribution in [0, 0.1) is 0 Å². The fourth-order valence-electron chi connectivity index (χ4n) is 0.476. The molecule has 1 atom stereocenters. The highest BCUT2D eigenvalue weighted by molar-refractivity contribution is 5.82. The number of aliphatic hydroxyl groups is 1. The minimum atomic E-state index is -1.15. The van der Waals surface area contributed by atoms with Gasteiger partial charge in [0.15, 0.2) is 0 Å². The van der Waals surface area contributed by atoms with Crippen LogP contribution in [0.15, 0.2) is 0 Å². The summed E-state index contributed by atoms with van der Waals surface area (Å²) in [7, 11) is 1.48. The van der Waals surface area contributed by atoms with Crippen LogP contribution in [0.2, 0.25) is 0 Å². The van der Waals surface area contributed by atoms with Crippen molar-refractivity contribution in [1.82, 2.24) is 5.32 Å². The lowest BCUT2D eigenvalue weighted by Crippen LogP contribution is -2.52. The quantitative estimate of drug-likeness (QED) is 0.459. The normalized spacial score (nSPS) is 14.5. The van der Waals surface area contributed by atoms with E-state index in [-0.39, 0.29) is 5.91 Å². The second-order valence-electron chi connectivity index (χ2n) is 2.75. The molecule has 60 valence electrons. The molecule has 4 heteroatoms. The summed E-state index contributed by atoms with van der Waals surface area (Å²) in [5.74, 6) is -0.354. The summed E-state index contributed by atoms with van der Waals surface area (Å²) < 4.78 is 0. The molecular formula is C6H14N2O2. The Hall–Kier alpha value is -0.610. The molecule has 0 aliphatic carbocycles. The maximum Gasteiger partial charge on any atom is 0.239 e. The SMILES string of the molecule is CNC(=O)C(N)C(C)(C)O. The lowest BCUT2D eigenvalue weighted by atomic mass is 9.99. The molecule has 1 unspecified atom stereocenters. The molecule has 1 amide bonds. The molecule has 0 aliphatic rings. The number of hydrogen-bond acceptors (Lipinski definition) is 3. The van der Waals surface area contributed by atoms with Gasteiger partial charge in [0.2, 0.25) is 5.91 Å². The minimum Gasteiger partial charge on any atom is -0.388 e. The molecule has 4 nitrogen and oxygen atoms in total. The molecule has 10 heavy (non-hydrogen) atoms. The second-order valence-corrected chi connectivity index (χ2v) is 2.75. The van der Waals surface area contributed by atoms with Gasteiger partial charge < -0.3 is 16.2 Å². The molecule has 0 bridgehead atoms.